The van der Waals surface area contributed by atoms with Crippen molar-refractivity contribution in [2.24, 2.45) is 5.41 Å². The zero-order valence-corrected chi connectivity index (χ0v) is 16.5. The van der Waals surface area contributed by atoms with Crippen molar-refractivity contribution < 1.29 is 14.6 Å². The summed E-state index contributed by atoms with van der Waals surface area (Å²) in [6, 6.07) is 0.977. The third kappa shape index (κ3) is 6.12. The van der Waals surface area contributed by atoms with Crippen LogP contribution in [-0.4, -0.2) is 90.5 Å². The summed E-state index contributed by atoms with van der Waals surface area (Å²) in [5.41, 5.74) is 0.279. The third-order valence-corrected chi connectivity index (χ3v) is 5.28. The van der Waals surface area contributed by atoms with Crippen LogP contribution < -0.4 is 0 Å². The molecule has 2 saturated heterocycles. The van der Waals surface area contributed by atoms with E-state index >= 15 is 0 Å². The lowest BCUT2D eigenvalue weighted by Crippen LogP contribution is -2.59. The molecule has 2 aliphatic rings. The summed E-state index contributed by atoms with van der Waals surface area (Å²) >= 11 is 0. The van der Waals surface area contributed by atoms with E-state index in [0.29, 0.717) is 18.7 Å². The number of likely N-dealkylation sites (tertiary alicyclic amines) is 1. The molecule has 0 aromatic rings. The summed E-state index contributed by atoms with van der Waals surface area (Å²) in [5.74, 6) is 0. The summed E-state index contributed by atoms with van der Waals surface area (Å²) < 4.78 is 5.11. The van der Waals surface area contributed by atoms with Gasteiger partial charge in [-0.25, -0.2) is 4.79 Å². The second-order valence-electron chi connectivity index (χ2n) is 8.61. The van der Waals surface area contributed by atoms with Crippen molar-refractivity contribution in [3.8, 4) is 0 Å². The molecule has 25 heavy (non-hydrogen) atoms. The predicted molar refractivity (Wildman–Crippen MR) is 99.7 cm³/mol. The molecule has 6 heteroatoms. The normalized spacial score (nSPS) is 24.5. The van der Waals surface area contributed by atoms with Crippen molar-refractivity contribution >= 4 is 6.09 Å². The first kappa shape index (κ1) is 20.5. The average Bonchev–Trinajstić information content (AvgIpc) is 2.56. The van der Waals surface area contributed by atoms with Gasteiger partial charge in [0.15, 0.2) is 0 Å². The summed E-state index contributed by atoms with van der Waals surface area (Å²) in [5, 5.41) is 9.47. The van der Waals surface area contributed by atoms with Crippen LogP contribution in [0.4, 0.5) is 4.79 Å². The average molecular weight is 356 g/mol. The van der Waals surface area contributed by atoms with E-state index in [0.717, 1.165) is 58.5 Å². The molecule has 2 aliphatic heterocycles. The molecular weight excluding hydrogens is 318 g/mol. The van der Waals surface area contributed by atoms with E-state index in [1.807, 2.05) is 11.8 Å². The number of piperazine rings is 1. The van der Waals surface area contributed by atoms with Crippen LogP contribution in [0.3, 0.4) is 0 Å². The maximum atomic E-state index is 11.8. The maximum absolute atomic E-state index is 11.8. The van der Waals surface area contributed by atoms with E-state index in [4.69, 9.17) is 4.74 Å². The van der Waals surface area contributed by atoms with E-state index in [9.17, 15) is 9.90 Å². The van der Waals surface area contributed by atoms with Crippen LogP contribution in [0.2, 0.25) is 0 Å². The van der Waals surface area contributed by atoms with Crippen LogP contribution in [0, 0.1) is 5.41 Å². The Balaban J connectivity index is 1.87. The Morgan fingerprint density at radius 3 is 2.40 bits per heavy atom. The van der Waals surface area contributed by atoms with Gasteiger partial charge < -0.3 is 14.7 Å². The Kier molecular flexibility index (Phi) is 7.52. The highest BCUT2D eigenvalue weighted by Gasteiger charge is 2.34. The van der Waals surface area contributed by atoms with Crippen LogP contribution in [-0.2, 0) is 4.74 Å². The maximum Gasteiger partial charge on any atom is 0.409 e. The van der Waals surface area contributed by atoms with Gasteiger partial charge in [-0.1, -0.05) is 20.8 Å². The second kappa shape index (κ2) is 9.19. The van der Waals surface area contributed by atoms with Gasteiger partial charge >= 0.3 is 6.09 Å². The number of hydrogen-bond donors (Lipinski definition) is 1. The van der Waals surface area contributed by atoms with Crippen LogP contribution in [0.15, 0.2) is 0 Å². The quantitative estimate of drug-likeness (QED) is 0.818. The standard InChI is InChI=1S/C19H37N3O3/c1-5-25-18(24)20-9-6-16(7-10-20)21-11-12-22(15-19(2,3)4)17(14-21)8-13-23/h16-17,23H,5-15H2,1-4H3/t17-/m1/s1. The van der Waals surface area contributed by atoms with Crippen molar-refractivity contribution in [3.63, 3.8) is 0 Å². The molecule has 0 bridgehead atoms. The number of piperidine rings is 1. The molecule has 2 heterocycles. The zero-order chi connectivity index (χ0) is 18.4. The monoisotopic (exact) mass is 355 g/mol. The van der Waals surface area contributed by atoms with E-state index in [-0.39, 0.29) is 18.1 Å². The summed E-state index contributed by atoms with van der Waals surface area (Å²) in [6.45, 7) is 15.2. The second-order valence-corrected chi connectivity index (χ2v) is 8.61. The van der Waals surface area contributed by atoms with Gasteiger partial charge in [0.05, 0.1) is 6.61 Å². The Labute approximate surface area is 153 Å². The molecule has 2 fully saturated rings. The molecule has 146 valence electrons. The van der Waals surface area contributed by atoms with E-state index in [1.165, 1.54) is 0 Å². The number of rotatable bonds is 5. The molecule has 2 rings (SSSR count). The Morgan fingerprint density at radius 1 is 1.16 bits per heavy atom. The van der Waals surface area contributed by atoms with Gasteiger partial charge in [0.2, 0.25) is 0 Å². The Morgan fingerprint density at radius 2 is 1.84 bits per heavy atom. The summed E-state index contributed by atoms with van der Waals surface area (Å²) in [4.78, 5) is 18.8. The first-order valence-corrected chi connectivity index (χ1v) is 9.84. The van der Waals surface area contributed by atoms with Crippen molar-refractivity contribution in [1.29, 1.82) is 0 Å². The Bertz CT molecular complexity index is 417. The predicted octanol–water partition coefficient (Wildman–Crippen LogP) is 2.02. The van der Waals surface area contributed by atoms with Crippen molar-refractivity contribution in [2.75, 3.05) is 52.5 Å². The molecule has 0 aliphatic carbocycles. The summed E-state index contributed by atoms with van der Waals surface area (Å²) in [7, 11) is 0. The lowest BCUT2D eigenvalue weighted by Gasteiger charge is -2.47. The van der Waals surface area contributed by atoms with E-state index < -0.39 is 0 Å². The van der Waals surface area contributed by atoms with Gasteiger partial charge in [0.25, 0.3) is 0 Å². The number of ether oxygens (including phenoxy) is 1. The van der Waals surface area contributed by atoms with E-state index in [1.54, 1.807) is 0 Å². The number of hydrogen-bond acceptors (Lipinski definition) is 5. The van der Waals surface area contributed by atoms with Gasteiger partial charge in [0.1, 0.15) is 0 Å². The fraction of sp³-hybridized carbons (Fsp3) is 0.947. The van der Waals surface area contributed by atoms with Crippen molar-refractivity contribution in [2.45, 2.75) is 59.0 Å². The topological polar surface area (TPSA) is 56.2 Å². The van der Waals surface area contributed by atoms with E-state index in [2.05, 4.69) is 30.6 Å². The molecule has 1 atom stereocenters. The number of carbonyl (C=O) groups excluding carboxylic acids is 1. The Hall–Kier alpha value is -0.850. The molecule has 1 amide bonds. The van der Waals surface area contributed by atoms with Crippen LogP contribution >= 0.6 is 0 Å². The minimum Gasteiger partial charge on any atom is -0.450 e. The van der Waals surface area contributed by atoms with Gasteiger partial charge in [-0.05, 0) is 31.6 Å². The fourth-order valence-electron chi connectivity index (χ4n) is 4.12. The smallest absolute Gasteiger partial charge is 0.409 e. The number of nitrogens with zero attached hydrogens (tertiary/aromatic N) is 3. The zero-order valence-electron chi connectivity index (χ0n) is 16.5. The lowest BCUT2D eigenvalue weighted by atomic mass is 9.93. The molecule has 0 aromatic carbocycles. The number of amides is 1. The van der Waals surface area contributed by atoms with Crippen LogP contribution in [0.25, 0.3) is 0 Å². The summed E-state index contributed by atoms with van der Waals surface area (Å²) in [6.07, 6.45) is 2.70. The molecule has 0 radical (unpaired) electrons. The molecule has 0 saturated carbocycles. The number of aliphatic hydroxyl groups is 1. The highest BCUT2D eigenvalue weighted by Crippen LogP contribution is 2.25. The first-order chi connectivity index (χ1) is 11.8. The minimum atomic E-state index is -0.172. The first-order valence-electron chi connectivity index (χ1n) is 9.84. The van der Waals surface area contributed by atoms with Gasteiger partial charge in [0, 0.05) is 58.0 Å². The van der Waals surface area contributed by atoms with Crippen molar-refractivity contribution in [1.82, 2.24) is 14.7 Å². The molecular formula is C19H37N3O3. The molecule has 6 nitrogen and oxygen atoms in total. The third-order valence-electron chi connectivity index (χ3n) is 5.28. The number of carbonyl (C=O) groups is 1. The molecule has 0 spiro atoms. The van der Waals surface area contributed by atoms with Crippen LogP contribution in [0.5, 0.6) is 0 Å². The van der Waals surface area contributed by atoms with Crippen molar-refractivity contribution in [3.05, 3.63) is 0 Å². The fourth-order valence-corrected chi connectivity index (χ4v) is 4.12. The van der Waals surface area contributed by atoms with Crippen LogP contribution in [0.1, 0.15) is 47.0 Å². The largest absolute Gasteiger partial charge is 0.450 e. The van der Waals surface area contributed by atoms with Gasteiger partial charge in [-0.2, -0.15) is 0 Å². The SMILES string of the molecule is CCOC(=O)N1CCC(N2CCN(CC(C)(C)C)[C@H](CCO)C2)CC1. The molecule has 0 aromatic heterocycles. The molecule has 1 N–H and O–H groups in total. The highest BCUT2D eigenvalue weighted by atomic mass is 16.6. The lowest BCUT2D eigenvalue weighted by molar-refractivity contribution is 0.00313. The molecule has 0 unspecified atom stereocenters. The number of aliphatic hydroxyl groups excluding tert-OH is 1. The van der Waals surface area contributed by atoms with Gasteiger partial charge in [-0.15, -0.1) is 0 Å². The highest BCUT2D eigenvalue weighted by molar-refractivity contribution is 5.67. The minimum absolute atomic E-state index is 0.172. The van der Waals surface area contributed by atoms with Gasteiger partial charge in [-0.3, -0.25) is 9.80 Å².